The molecule has 2 fully saturated rings. The van der Waals surface area contributed by atoms with E-state index in [9.17, 15) is 4.79 Å². The fourth-order valence-electron chi connectivity index (χ4n) is 5.43. The summed E-state index contributed by atoms with van der Waals surface area (Å²) >= 11 is 0. The number of nitrogens with one attached hydrogen (secondary N) is 1. The van der Waals surface area contributed by atoms with Crippen molar-refractivity contribution in [2.75, 3.05) is 20.3 Å². The van der Waals surface area contributed by atoms with Gasteiger partial charge in [0.1, 0.15) is 6.61 Å². The molecule has 0 radical (unpaired) electrons. The first-order valence-electron chi connectivity index (χ1n) is 11.1. The molecule has 2 bridgehead atoms. The summed E-state index contributed by atoms with van der Waals surface area (Å²) in [5.74, 6) is 1.87. The standard InChI is InChI=1S/C25H29N3O3/c1-16(29)17-7-10-23(24(15-17)30-2)31-12-11-28-19-8-9-20(28)14-18(13-19)25-21-5-3-4-6-22(21)26-27-25/h3-7,10,15,18-20H,8-9,11-14H2,1-2H3,(H,26,27). The van der Waals surface area contributed by atoms with Crippen molar-refractivity contribution in [3.8, 4) is 11.5 Å². The maximum Gasteiger partial charge on any atom is 0.161 e. The van der Waals surface area contributed by atoms with Gasteiger partial charge in [0.2, 0.25) is 0 Å². The Morgan fingerprint density at radius 3 is 2.65 bits per heavy atom. The molecule has 2 aromatic carbocycles. The van der Waals surface area contributed by atoms with E-state index in [-0.39, 0.29) is 5.78 Å². The van der Waals surface area contributed by atoms with Gasteiger partial charge in [0.05, 0.1) is 12.6 Å². The third-order valence-corrected chi connectivity index (χ3v) is 6.96. The number of aromatic nitrogens is 2. The molecule has 0 saturated carbocycles. The number of hydrogen-bond acceptors (Lipinski definition) is 5. The van der Waals surface area contributed by atoms with Gasteiger partial charge in [-0.3, -0.25) is 14.8 Å². The van der Waals surface area contributed by atoms with E-state index in [1.165, 1.54) is 36.8 Å². The van der Waals surface area contributed by atoms with Crippen LogP contribution in [0.3, 0.4) is 0 Å². The molecule has 5 rings (SSSR count). The first kappa shape index (κ1) is 20.1. The monoisotopic (exact) mass is 419 g/mol. The van der Waals surface area contributed by atoms with Crippen molar-refractivity contribution in [2.45, 2.75) is 50.6 Å². The van der Waals surface area contributed by atoms with Gasteiger partial charge >= 0.3 is 0 Å². The molecule has 162 valence electrons. The number of carbonyl (C=O) groups is 1. The van der Waals surface area contributed by atoms with Gasteiger partial charge < -0.3 is 9.47 Å². The lowest BCUT2D eigenvalue weighted by atomic mass is 9.87. The number of ketones is 1. The zero-order chi connectivity index (χ0) is 21.4. The van der Waals surface area contributed by atoms with E-state index in [2.05, 4.69) is 33.3 Å². The zero-order valence-electron chi connectivity index (χ0n) is 18.1. The maximum absolute atomic E-state index is 11.6. The van der Waals surface area contributed by atoms with Crippen LogP contribution >= 0.6 is 0 Å². The molecule has 2 aliphatic rings. The molecule has 3 aromatic rings. The number of methoxy groups -OCH3 is 1. The topological polar surface area (TPSA) is 67.5 Å². The number of ether oxygens (including phenoxy) is 2. The van der Waals surface area contributed by atoms with Crippen molar-refractivity contribution in [1.29, 1.82) is 0 Å². The molecule has 2 saturated heterocycles. The number of H-pyrrole nitrogens is 1. The van der Waals surface area contributed by atoms with Crippen molar-refractivity contribution in [2.24, 2.45) is 0 Å². The van der Waals surface area contributed by atoms with Crippen LogP contribution in [0.5, 0.6) is 11.5 Å². The van der Waals surface area contributed by atoms with Crippen LogP contribution in [0.15, 0.2) is 42.5 Å². The van der Waals surface area contributed by atoms with Crippen molar-refractivity contribution < 1.29 is 14.3 Å². The third kappa shape index (κ3) is 3.81. The van der Waals surface area contributed by atoms with Gasteiger partial charge in [0, 0.05) is 41.2 Å². The number of Topliss-reactive ketones (excluding diaryl/α,β-unsaturated/α-hetero) is 1. The molecule has 0 aliphatic carbocycles. The highest BCUT2D eigenvalue weighted by molar-refractivity contribution is 5.94. The maximum atomic E-state index is 11.6. The van der Waals surface area contributed by atoms with E-state index < -0.39 is 0 Å². The summed E-state index contributed by atoms with van der Waals surface area (Å²) in [5, 5.41) is 9.10. The summed E-state index contributed by atoms with van der Waals surface area (Å²) in [6.07, 6.45) is 4.84. The van der Waals surface area contributed by atoms with Crippen LogP contribution in [0.2, 0.25) is 0 Å². The smallest absolute Gasteiger partial charge is 0.161 e. The molecular formula is C25H29N3O3. The summed E-state index contributed by atoms with van der Waals surface area (Å²) in [7, 11) is 1.61. The van der Waals surface area contributed by atoms with Gasteiger partial charge in [-0.15, -0.1) is 0 Å². The number of rotatable bonds is 7. The highest BCUT2D eigenvalue weighted by atomic mass is 16.5. The lowest BCUT2D eigenvalue weighted by molar-refractivity contribution is 0.101. The Bertz CT molecular complexity index is 1080. The van der Waals surface area contributed by atoms with Crippen LogP contribution in [0.4, 0.5) is 0 Å². The fourth-order valence-corrected chi connectivity index (χ4v) is 5.43. The Morgan fingerprint density at radius 1 is 1.13 bits per heavy atom. The van der Waals surface area contributed by atoms with E-state index in [0.29, 0.717) is 41.7 Å². The summed E-state index contributed by atoms with van der Waals surface area (Å²) in [5.41, 5.74) is 3.00. The minimum Gasteiger partial charge on any atom is -0.493 e. The Morgan fingerprint density at radius 2 is 1.90 bits per heavy atom. The van der Waals surface area contributed by atoms with Crippen LogP contribution in [-0.2, 0) is 0 Å². The second kappa shape index (κ2) is 8.35. The van der Waals surface area contributed by atoms with Gasteiger partial charge in [0.15, 0.2) is 17.3 Å². The Labute approximate surface area is 182 Å². The fraction of sp³-hybridized carbons (Fsp3) is 0.440. The highest BCUT2D eigenvalue weighted by Crippen LogP contribution is 2.43. The average Bonchev–Trinajstić information content (AvgIpc) is 3.31. The average molecular weight is 420 g/mol. The minimum absolute atomic E-state index is 0.0225. The molecule has 0 amide bonds. The summed E-state index contributed by atoms with van der Waals surface area (Å²) in [6, 6.07) is 15.0. The van der Waals surface area contributed by atoms with E-state index in [1.54, 1.807) is 26.2 Å². The number of aromatic amines is 1. The van der Waals surface area contributed by atoms with E-state index in [4.69, 9.17) is 9.47 Å². The summed E-state index contributed by atoms with van der Waals surface area (Å²) in [4.78, 5) is 14.2. The molecule has 3 heterocycles. The number of carbonyl (C=O) groups excluding carboxylic acids is 1. The van der Waals surface area contributed by atoms with Gasteiger partial charge in [-0.25, -0.2) is 0 Å². The molecule has 2 aliphatic heterocycles. The first-order valence-corrected chi connectivity index (χ1v) is 11.1. The molecule has 2 unspecified atom stereocenters. The van der Waals surface area contributed by atoms with Crippen LogP contribution in [0.25, 0.3) is 10.9 Å². The van der Waals surface area contributed by atoms with Gasteiger partial charge in [0.25, 0.3) is 0 Å². The van der Waals surface area contributed by atoms with E-state index in [1.807, 2.05) is 12.1 Å². The summed E-state index contributed by atoms with van der Waals surface area (Å²) < 4.78 is 11.5. The van der Waals surface area contributed by atoms with Crippen molar-refractivity contribution in [3.05, 3.63) is 53.7 Å². The molecule has 0 spiro atoms. The van der Waals surface area contributed by atoms with Gasteiger partial charge in [-0.05, 0) is 56.9 Å². The minimum atomic E-state index is 0.0225. The third-order valence-electron chi connectivity index (χ3n) is 6.96. The number of nitrogens with zero attached hydrogens (tertiary/aromatic N) is 2. The van der Waals surface area contributed by atoms with E-state index in [0.717, 1.165) is 12.1 Å². The number of hydrogen-bond donors (Lipinski definition) is 1. The molecule has 6 nitrogen and oxygen atoms in total. The Balaban J connectivity index is 1.22. The Kier molecular flexibility index (Phi) is 5.40. The first-order chi connectivity index (χ1) is 15.1. The predicted octanol–water partition coefficient (Wildman–Crippen LogP) is 4.56. The summed E-state index contributed by atoms with van der Waals surface area (Å²) in [6.45, 7) is 3.07. The van der Waals surface area contributed by atoms with Crippen molar-refractivity contribution in [1.82, 2.24) is 15.1 Å². The van der Waals surface area contributed by atoms with Crippen LogP contribution < -0.4 is 9.47 Å². The number of para-hydroxylation sites is 1. The van der Waals surface area contributed by atoms with E-state index >= 15 is 0 Å². The SMILES string of the molecule is COc1cc(C(C)=O)ccc1OCCN1C2CCC1CC(c1[nH]nc3ccccc13)C2. The molecule has 2 atom stereocenters. The zero-order valence-corrected chi connectivity index (χ0v) is 18.1. The predicted molar refractivity (Wildman–Crippen MR) is 120 cm³/mol. The van der Waals surface area contributed by atoms with Crippen LogP contribution in [-0.4, -0.2) is 53.2 Å². The van der Waals surface area contributed by atoms with Gasteiger partial charge in [-0.2, -0.15) is 5.10 Å². The molecular weight excluding hydrogens is 390 g/mol. The quantitative estimate of drug-likeness (QED) is 0.569. The van der Waals surface area contributed by atoms with Crippen molar-refractivity contribution in [3.63, 3.8) is 0 Å². The van der Waals surface area contributed by atoms with Gasteiger partial charge in [-0.1, -0.05) is 18.2 Å². The Hall–Kier alpha value is -2.86. The largest absolute Gasteiger partial charge is 0.493 e. The second-order valence-electron chi connectivity index (χ2n) is 8.72. The van der Waals surface area contributed by atoms with Crippen molar-refractivity contribution >= 4 is 16.7 Å². The molecule has 1 aromatic heterocycles. The molecule has 31 heavy (non-hydrogen) atoms. The normalized spacial score (nSPS) is 23.2. The second-order valence-corrected chi connectivity index (χ2v) is 8.72. The van der Waals surface area contributed by atoms with Crippen LogP contribution in [0.1, 0.15) is 54.6 Å². The lowest BCUT2D eigenvalue weighted by Gasteiger charge is -2.38. The number of benzene rings is 2. The number of fused-ring (bicyclic) bond motifs is 3. The van der Waals surface area contributed by atoms with Crippen LogP contribution in [0, 0.1) is 0 Å². The number of piperidine rings is 1. The highest BCUT2D eigenvalue weighted by Gasteiger charge is 2.41. The molecule has 1 N–H and O–H groups in total. The molecule has 6 heteroatoms. The lowest BCUT2D eigenvalue weighted by Crippen LogP contribution is -2.44.